The highest BCUT2D eigenvalue weighted by molar-refractivity contribution is 6.01. The zero-order valence-electron chi connectivity index (χ0n) is 10.1. The van der Waals surface area contributed by atoms with Crippen LogP contribution in [0.5, 0.6) is 0 Å². The minimum atomic E-state index is -0.853. The fourth-order valence-corrected chi connectivity index (χ4v) is 2.41. The molecule has 2 atom stereocenters. The predicted octanol–water partition coefficient (Wildman–Crippen LogP) is 0.873. The average molecular weight is 250 g/mol. The van der Waals surface area contributed by atoms with E-state index in [1.165, 1.54) is 17.0 Å². The highest BCUT2D eigenvalue weighted by Crippen LogP contribution is 2.33. The number of primary amides is 1. The first-order valence-electron chi connectivity index (χ1n) is 5.80. The summed E-state index contributed by atoms with van der Waals surface area (Å²) in [5.74, 6) is -2.33. The van der Waals surface area contributed by atoms with Crippen LogP contribution in [0.4, 0.5) is 4.39 Å². The molecule has 0 aromatic heterocycles. The summed E-state index contributed by atoms with van der Waals surface area (Å²) in [6, 6.07) is 5.87. The van der Waals surface area contributed by atoms with Crippen molar-refractivity contribution in [2.45, 2.75) is 12.3 Å². The molecule has 2 rings (SSSR count). The lowest BCUT2D eigenvalue weighted by Gasteiger charge is -2.34. The molecule has 1 aromatic rings. The second-order valence-corrected chi connectivity index (χ2v) is 4.59. The van der Waals surface area contributed by atoms with E-state index in [4.69, 9.17) is 5.73 Å². The topological polar surface area (TPSA) is 63.4 Å². The molecule has 1 aliphatic rings. The van der Waals surface area contributed by atoms with Crippen LogP contribution in [0.1, 0.15) is 17.9 Å². The first-order chi connectivity index (χ1) is 8.50. The lowest BCUT2D eigenvalue weighted by molar-refractivity contribution is -0.143. The molecule has 0 aliphatic carbocycles. The number of piperidine rings is 1. The van der Waals surface area contributed by atoms with Crippen molar-refractivity contribution in [2.75, 3.05) is 13.6 Å². The summed E-state index contributed by atoms with van der Waals surface area (Å²) < 4.78 is 12.9. The molecule has 5 heteroatoms. The molecular formula is C13H15FN2O2. The number of carbonyl (C=O) groups excluding carboxylic acids is 2. The monoisotopic (exact) mass is 250 g/mol. The van der Waals surface area contributed by atoms with Crippen molar-refractivity contribution in [3.8, 4) is 0 Å². The van der Waals surface area contributed by atoms with Crippen LogP contribution in [-0.4, -0.2) is 30.3 Å². The quantitative estimate of drug-likeness (QED) is 0.792. The fraction of sp³-hybridized carbons (Fsp3) is 0.385. The van der Waals surface area contributed by atoms with Gasteiger partial charge in [0.15, 0.2) is 0 Å². The van der Waals surface area contributed by atoms with E-state index in [9.17, 15) is 14.0 Å². The molecule has 1 fully saturated rings. The Morgan fingerprint density at radius 1 is 1.39 bits per heavy atom. The minimum absolute atomic E-state index is 0.258. The largest absolute Gasteiger partial charge is 0.369 e. The predicted molar refractivity (Wildman–Crippen MR) is 64.1 cm³/mol. The van der Waals surface area contributed by atoms with Gasteiger partial charge in [-0.2, -0.15) is 0 Å². The Balaban J connectivity index is 2.33. The molecule has 2 unspecified atom stereocenters. The second kappa shape index (κ2) is 4.76. The van der Waals surface area contributed by atoms with Gasteiger partial charge in [0.2, 0.25) is 11.8 Å². The smallest absolute Gasteiger partial charge is 0.235 e. The third-order valence-electron chi connectivity index (χ3n) is 3.42. The number of hydrogen-bond acceptors (Lipinski definition) is 2. The summed E-state index contributed by atoms with van der Waals surface area (Å²) in [6.07, 6.45) is 0.654. The Bertz CT molecular complexity index is 472. The first kappa shape index (κ1) is 12.5. The number of benzene rings is 1. The number of nitrogens with zero attached hydrogens (tertiary/aromatic N) is 1. The van der Waals surface area contributed by atoms with Crippen molar-refractivity contribution in [3.05, 3.63) is 35.6 Å². The van der Waals surface area contributed by atoms with Crippen molar-refractivity contribution in [1.29, 1.82) is 0 Å². The molecule has 96 valence electrons. The van der Waals surface area contributed by atoms with Gasteiger partial charge in [0, 0.05) is 19.5 Å². The van der Waals surface area contributed by atoms with Crippen LogP contribution in [-0.2, 0) is 9.59 Å². The minimum Gasteiger partial charge on any atom is -0.369 e. The van der Waals surface area contributed by atoms with E-state index in [1.54, 1.807) is 19.2 Å². The maximum absolute atomic E-state index is 12.9. The summed E-state index contributed by atoms with van der Waals surface area (Å²) >= 11 is 0. The van der Waals surface area contributed by atoms with E-state index in [1.807, 2.05) is 0 Å². The molecule has 0 radical (unpaired) electrons. The lowest BCUT2D eigenvalue weighted by atomic mass is 9.79. The van der Waals surface area contributed by atoms with Crippen LogP contribution in [0, 0.1) is 11.7 Å². The van der Waals surface area contributed by atoms with Crippen molar-refractivity contribution < 1.29 is 14.0 Å². The van der Waals surface area contributed by atoms with Crippen LogP contribution in [0.15, 0.2) is 24.3 Å². The first-order valence-corrected chi connectivity index (χ1v) is 5.80. The summed E-state index contributed by atoms with van der Waals surface area (Å²) in [7, 11) is 1.65. The summed E-state index contributed by atoms with van der Waals surface area (Å²) in [4.78, 5) is 24.9. The highest BCUT2D eigenvalue weighted by atomic mass is 19.1. The third-order valence-corrected chi connectivity index (χ3v) is 3.42. The molecule has 1 aliphatic heterocycles. The maximum Gasteiger partial charge on any atom is 0.235 e. The van der Waals surface area contributed by atoms with Gasteiger partial charge in [0.05, 0.1) is 0 Å². The zero-order chi connectivity index (χ0) is 13.3. The molecule has 1 saturated heterocycles. The van der Waals surface area contributed by atoms with Crippen LogP contribution >= 0.6 is 0 Å². The Labute approximate surface area is 105 Å². The van der Waals surface area contributed by atoms with Gasteiger partial charge in [-0.3, -0.25) is 9.59 Å². The number of likely N-dealkylation sites (tertiary alicyclic amines) is 1. The van der Waals surface area contributed by atoms with Gasteiger partial charge in [-0.25, -0.2) is 4.39 Å². The fourth-order valence-electron chi connectivity index (χ4n) is 2.41. The molecule has 2 amide bonds. The van der Waals surface area contributed by atoms with Crippen LogP contribution in [0.25, 0.3) is 0 Å². The highest BCUT2D eigenvalue weighted by Gasteiger charge is 2.39. The van der Waals surface area contributed by atoms with E-state index < -0.39 is 11.8 Å². The molecule has 1 aromatic carbocycles. The Morgan fingerprint density at radius 2 is 2.00 bits per heavy atom. The van der Waals surface area contributed by atoms with E-state index in [0.29, 0.717) is 13.0 Å². The van der Waals surface area contributed by atoms with Gasteiger partial charge in [-0.1, -0.05) is 12.1 Å². The normalized spacial score (nSPS) is 24.1. The Kier molecular flexibility index (Phi) is 3.32. The second-order valence-electron chi connectivity index (χ2n) is 4.59. The number of nitrogens with two attached hydrogens (primary N) is 1. The zero-order valence-corrected chi connectivity index (χ0v) is 10.1. The van der Waals surface area contributed by atoms with Gasteiger partial charge < -0.3 is 10.6 Å². The van der Waals surface area contributed by atoms with Gasteiger partial charge in [-0.05, 0) is 24.1 Å². The Hall–Kier alpha value is -1.91. The number of rotatable bonds is 2. The van der Waals surface area contributed by atoms with Gasteiger partial charge in [0.1, 0.15) is 11.7 Å². The van der Waals surface area contributed by atoms with Gasteiger partial charge in [-0.15, -0.1) is 0 Å². The number of halogens is 1. The molecule has 4 nitrogen and oxygen atoms in total. The molecule has 0 spiro atoms. The molecule has 18 heavy (non-hydrogen) atoms. The summed E-state index contributed by atoms with van der Waals surface area (Å²) in [5.41, 5.74) is 6.10. The van der Waals surface area contributed by atoms with E-state index in [0.717, 1.165) is 5.56 Å². The number of carbonyl (C=O) groups is 2. The maximum atomic E-state index is 12.9. The van der Waals surface area contributed by atoms with E-state index >= 15 is 0 Å². The van der Waals surface area contributed by atoms with E-state index in [-0.39, 0.29) is 17.6 Å². The Morgan fingerprint density at radius 3 is 2.56 bits per heavy atom. The van der Waals surface area contributed by atoms with Gasteiger partial charge >= 0.3 is 0 Å². The molecule has 0 saturated carbocycles. The van der Waals surface area contributed by atoms with Crippen LogP contribution < -0.4 is 5.73 Å². The van der Waals surface area contributed by atoms with Crippen LogP contribution in [0.3, 0.4) is 0 Å². The standard InChI is InChI=1S/C13H15FN2O2/c1-16-7-6-10(11(12(15)17)13(16)18)8-2-4-9(14)5-3-8/h2-5,10-11H,6-7H2,1H3,(H2,15,17). The molecule has 1 heterocycles. The number of amides is 2. The SMILES string of the molecule is CN1CCC(c2ccc(F)cc2)C(C(N)=O)C1=O. The molecule has 2 N–H and O–H groups in total. The third kappa shape index (κ3) is 2.20. The van der Waals surface area contributed by atoms with E-state index in [2.05, 4.69) is 0 Å². The van der Waals surface area contributed by atoms with Crippen molar-refractivity contribution in [3.63, 3.8) is 0 Å². The molecular weight excluding hydrogens is 235 g/mol. The van der Waals surface area contributed by atoms with Crippen molar-refractivity contribution in [2.24, 2.45) is 11.7 Å². The molecule has 0 bridgehead atoms. The van der Waals surface area contributed by atoms with Crippen molar-refractivity contribution in [1.82, 2.24) is 4.90 Å². The van der Waals surface area contributed by atoms with Crippen LogP contribution in [0.2, 0.25) is 0 Å². The van der Waals surface area contributed by atoms with Gasteiger partial charge in [0.25, 0.3) is 0 Å². The van der Waals surface area contributed by atoms with Crippen molar-refractivity contribution >= 4 is 11.8 Å². The average Bonchev–Trinajstić information content (AvgIpc) is 2.33. The summed E-state index contributed by atoms with van der Waals surface area (Å²) in [6.45, 7) is 0.574. The summed E-state index contributed by atoms with van der Waals surface area (Å²) in [5, 5.41) is 0. The lowest BCUT2D eigenvalue weighted by Crippen LogP contribution is -2.48. The number of hydrogen-bond donors (Lipinski definition) is 1.